The Morgan fingerprint density at radius 1 is 1.24 bits per heavy atom. The van der Waals surface area contributed by atoms with Gasteiger partial charge in [0.15, 0.2) is 0 Å². The van der Waals surface area contributed by atoms with Crippen molar-refractivity contribution in [2.75, 3.05) is 10.6 Å². The molecule has 0 spiro atoms. The Morgan fingerprint density at radius 3 is 2.84 bits per heavy atom. The second kappa shape index (κ2) is 6.06. The quantitative estimate of drug-likeness (QED) is 0.730. The summed E-state index contributed by atoms with van der Waals surface area (Å²) in [6, 6.07) is 11.6. The van der Waals surface area contributed by atoms with Crippen LogP contribution in [0.1, 0.15) is 12.5 Å². The molecule has 0 bridgehead atoms. The highest BCUT2D eigenvalue weighted by Crippen LogP contribution is 2.32. The van der Waals surface area contributed by atoms with Crippen LogP contribution in [0, 0.1) is 0 Å². The van der Waals surface area contributed by atoms with Gasteiger partial charge in [0.1, 0.15) is 6.04 Å². The van der Waals surface area contributed by atoms with Crippen molar-refractivity contribution in [2.45, 2.75) is 12.5 Å². The highest BCUT2D eigenvalue weighted by molar-refractivity contribution is 6.36. The smallest absolute Gasteiger partial charge is 0.250 e. The minimum absolute atomic E-state index is 0.0296. The van der Waals surface area contributed by atoms with Gasteiger partial charge in [0.25, 0.3) is 0 Å². The van der Waals surface area contributed by atoms with Crippen molar-refractivity contribution in [1.82, 2.24) is 9.55 Å². The maximum absolute atomic E-state index is 12.4. The van der Waals surface area contributed by atoms with Gasteiger partial charge < -0.3 is 5.32 Å². The predicted molar refractivity (Wildman–Crippen MR) is 97.1 cm³/mol. The van der Waals surface area contributed by atoms with Gasteiger partial charge in [0.2, 0.25) is 17.8 Å². The Bertz CT molecular complexity index is 1020. The van der Waals surface area contributed by atoms with E-state index in [0.717, 1.165) is 11.0 Å². The zero-order chi connectivity index (χ0) is 17.6. The number of rotatable bonds is 3. The van der Waals surface area contributed by atoms with Crippen LogP contribution in [0.2, 0.25) is 10.0 Å². The van der Waals surface area contributed by atoms with Crippen LogP contribution in [-0.2, 0) is 9.59 Å². The number of anilines is 2. The van der Waals surface area contributed by atoms with Crippen molar-refractivity contribution in [2.24, 2.45) is 0 Å². The van der Waals surface area contributed by atoms with Crippen LogP contribution in [0.4, 0.5) is 11.6 Å². The standard InChI is InChI=1S/C17H12Cl2N4O2/c18-9-5-6-11(10(19)7-9)20-15(24)8-14-16(25)22-17-21-12-3-1-2-4-13(12)23(14)17/h1-7,14H,8H2,(H,20,24)(H,21,22,25)/t14-/m0/s1. The maximum atomic E-state index is 12.4. The summed E-state index contributed by atoms with van der Waals surface area (Å²) in [5.74, 6) is -0.130. The third-order valence-electron chi connectivity index (χ3n) is 4.03. The lowest BCUT2D eigenvalue weighted by atomic mass is 10.1. The Hall–Kier alpha value is -2.57. The molecule has 4 rings (SSSR count). The predicted octanol–water partition coefficient (Wildman–Crippen LogP) is 3.87. The number of halogens is 2. The van der Waals surface area contributed by atoms with Crippen LogP contribution in [0.25, 0.3) is 11.0 Å². The number of aromatic nitrogens is 2. The number of nitrogens with one attached hydrogen (secondary N) is 2. The largest absolute Gasteiger partial charge is 0.325 e. The fourth-order valence-corrected chi connectivity index (χ4v) is 3.37. The van der Waals surface area contributed by atoms with Gasteiger partial charge in [-0.2, -0.15) is 0 Å². The molecule has 1 aliphatic rings. The Kier molecular flexibility index (Phi) is 3.86. The van der Waals surface area contributed by atoms with E-state index < -0.39 is 6.04 Å². The molecule has 2 heterocycles. The second-order valence-corrected chi connectivity index (χ2v) is 6.52. The summed E-state index contributed by atoms with van der Waals surface area (Å²) in [5, 5.41) is 6.24. The summed E-state index contributed by atoms with van der Waals surface area (Å²) in [6.07, 6.45) is -0.0296. The third kappa shape index (κ3) is 2.83. The first kappa shape index (κ1) is 15.9. The molecular weight excluding hydrogens is 363 g/mol. The molecule has 0 unspecified atom stereocenters. The molecule has 3 aromatic rings. The number of fused-ring (bicyclic) bond motifs is 3. The van der Waals surface area contributed by atoms with Crippen LogP contribution >= 0.6 is 23.2 Å². The van der Waals surface area contributed by atoms with Crippen molar-refractivity contribution >= 4 is 57.7 Å². The third-order valence-corrected chi connectivity index (χ3v) is 4.58. The molecule has 2 N–H and O–H groups in total. The van der Waals surface area contributed by atoms with Gasteiger partial charge >= 0.3 is 0 Å². The number of hydrogen-bond donors (Lipinski definition) is 2. The van der Waals surface area contributed by atoms with Crippen molar-refractivity contribution in [1.29, 1.82) is 0 Å². The first-order chi connectivity index (χ1) is 12.0. The molecule has 25 heavy (non-hydrogen) atoms. The summed E-state index contributed by atoms with van der Waals surface area (Å²) in [5.41, 5.74) is 2.02. The van der Waals surface area contributed by atoms with Crippen molar-refractivity contribution in [3.05, 3.63) is 52.5 Å². The van der Waals surface area contributed by atoms with E-state index in [4.69, 9.17) is 23.2 Å². The van der Waals surface area contributed by atoms with Crippen LogP contribution in [-0.4, -0.2) is 21.4 Å². The van der Waals surface area contributed by atoms with Gasteiger partial charge in [-0.25, -0.2) is 4.98 Å². The minimum atomic E-state index is -0.659. The van der Waals surface area contributed by atoms with Gasteiger partial charge in [-0.1, -0.05) is 35.3 Å². The lowest BCUT2D eigenvalue weighted by molar-refractivity contribution is -0.123. The van der Waals surface area contributed by atoms with E-state index in [1.807, 2.05) is 24.3 Å². The molecule has 0 saturated heterocycles. The highest BCUT2D eigenvalue weighted by Gasteiger charge is 2.34. The molecule has 2 amide bonds. The van der Waals surface area contributed by atoms with Crippen molar-refractivity contribution in [3.8, 4) is 0 Å². The van der Waals surface area contributed by atoms with E-state index in [2.05, 4.69) is 15.6 Å². The zero-order valence-electron chi connectivity index (χ0n) is 12.8. The molecule has 1 aromatic heterocycles. The first-order valence-electron chi connectivity index (χ1n) is 7.55. The van der Waals surface area contributed by atoms with Gasteiger partial charge in [0, 0.05) is 5.02 Å². The van der Waals surface area contributed by atoms with Gasteiger partial charge in [-0.15, -0.1) is 0 Å². The Balaban J connectivity index is 1.59. The molecule has 1 aliphatic heterocycles. The maximum Gasteiger partial charge on any atom is 0.250 e. The summed E-state index contributed by atoms with van der Waals surface area (Å²) in [4.78, 5) is 29.0. The Morgan fingerprint density at radius 2 is 2.04 bits per heavy atom. The Labute approximate surface area is 152 Å². The second-order valence-electron chi connectivity index (χ2n) is 5.68. The van der Waals surface area contributed by atoms with Crippen LogP contribution in [0.3, 0.4) is 0 Å². The molecular formula is C17H12Cl2N4O2. The fourth-order valence-electron chi connectivity index (χ4n) is 2.91. The lowest BCUT2D eigenvalue weighted by Crippen LogP contribution is -2.23. The summed E-state index contributed by atoms with van der Waals surface area (Å²) in [7, 11) is 0. The average Bonchev–Trinajstić information content (AvgIpc) is 3.06. The SMILES string of the molecule is O=C(C[C@H]1C(=O)Nc2nc3ccccc3n21)Nc1ccc(Cl)cc1Cl. The van der Waals surface area contributed by atoms with Crippen molar-refractivity contribution < 1.29 is 9.59 Å². The number of carbonyl (C=O) groups excluding carboxylic acids is 2. The van der Waals surface area contributed by atoms with Gasteiger partial charge in [-0.3, -0.25) is 19.5 Å². The first-order valence-corrected chi connectivity index (χ1v) is 8.31. The molecule has 0 radical (unpaired) electrons. The van der Waals surface area contributed by atoms with Crippen molar-refractivity contribution in [3.63, 3.8) is 0 Å². The van der Waals surface area contributed by atoms with Crippen LogP contribution < -0.4 is 10.6 Å². The van der Waals surface area contributed by atoms with E-state index in [-0.39, 0.29) is 18.2 Å². The number of carbonyl (C=O) groups is 2. The summed E-state index contributed by atoms with van der Waals surface area (Å²) < 4.78 is 1.75. The highest BCUT2D eigenvalue weighted by atomic mass is 35.5. The van der Waals surface area contributed by atoms with Crippen LogP contribution in [0.5, 0.6) is 0 Å². The summed E-state index contributed by atoms with van der Waals surface area (Å²) in [6.45, 7) is 0. The topological polar surface area (TPSA) is 76.0 Å². The molecule has 8 heteroatoms. The number of amides is 2. The number of imidazole rings is 1. The number of nitrogens with zero attached hydrogens (tertiary/aromatic N) is 2. The summed E-state index contributed by atoms with van der Waals surface area (Å²) >= 11 is 11.9. The van der Waals surface area contributed by atoms with E-state index in [0.29, 0.717) is 21.7 Å². The van der Waals surface area contributed by atoms with E-state index in [1.54, 1.807) is 22.8 Å². The molecule has 1 atom stereocenters. The van der Waals surface area contributed by atoms with Gasteiger partial charge in [-0.05, 0) is 30.3 Å². The minimum Gasteiger partial charge on any atom is -0.325 e. The molecule has 126 valence electrons. The molecule has 0 saturated carbocycles. The normalized spacial score (nSPS) is 15.9. The van der Waals surface area contributed by atoms with E-state index >= 15 is 0 Å². The number of hydrogen-bond acceptors (Lipinski definition) is 3. The van der Waals surface area contributed by atoms with E-state index in [9.17, 15) is 9.59 Å². The zero-order valence-corrected chi connectivity index (χ0v) is 14.3. The molecule has 6 nitrogen and oxygen atoms in total. The number of benzene rings is 2. The fraction of sp³-hybridized carbons (Fsp3) is 0.118. The van der Waals surface area contributed by atoms with Crippen LogP contribution in [0.15, 0.2) is 42.5 Å². The molecule has 0 fully saturated rings. The lowest BCUT2D eigenvalue weighted by Gasteiger charge is -2.12. The molecule has 2 aromatic carbocycles. The van der Waals surface area contributed by atoms with Gasteiger partial charge in [0.05, 0.1) is 28.2 Å². The van der Waals surface area contributed by atoms with E-state index in [1.165, 1.54) is 0 Å². The monoisotopic (exact) mass is 374 g/mol. The average molecular weight is 375 g/mol. The number of para-hydroxylation sites is 2. The molecule has 0 aliphatic carbocycles.